The van der Waals surface area contributed by atoms with Gasteiger partial charge in [0.25, 0.3) is 0 Å². The molecule has 1 rings (SSSR count). The lowest BCUT2D eigenvalue weighted by molar-refractivity contribution is 0.0369. The van der Waals surface area contributed by atoms with Crippen LogP contribution in [0.3, 0.4) is 0 Å². The van der Waals surface area contributed by atoms with Crippen molar-refractivity contribution in [2.24, 2.45) is 17.6 Å². The van der Waals surface area contributed by atoms with Crippen LogP contribution in [0.25, 0.3) is 0 Å². The molecule has 0 aromatic heterocycles. The smallest absolute Gasteiger partial charge is 0.0326 e. The van der Waals surface area contributed by atoms with Crippen LogP contribution in [-0.2, 0) is 0 Å². The summed E-state index contributed by atoms with van der Waals surface area (Å²) in [6.45, 7) is 12.5. The molecule has 0 saturated carbocycles. The van der Waals surface area contributed by atoms with E-state index in [-0.39, 0.29) is 5.54 Å². The average molecular weight is 198 g/mol. The first-order valence-corrected chi connectivity index (χ1v) is 5.96. The summed E-state index contributed by atoms with van der Waals surface area (Å²) in [6, 6.07) is 0. The van der Waals surface area contributed by atoms with Gasteiger partial charge < -0.3 is 5.73 Å². The summed E-state index contributed by atoms with van der Waals surface area (Å²) in [6.07, 6.45) is 2.67. The molecule has 1 atom stereocenters. The van der Waals surface area contributed by atoms with Gasteiger partial charge in [-0.1, -0.05) is 20.8 Å². The Morgan fingerprint density at radius 2 is 1.86 bits per heavy atom. The molecular formula is C12H26N2. The van der Waals surface area contributed by atoms with E-state index in [0.717, 1.165) is 12.5 Å². The molecule has 0 spiro atoms. The molecule has 1 aliphatic rings. The van der Waals surface area contributed by atoms with E-state index in [1.165, 1.54) is 25.9 Å². The molecule has 1 fully saturated rings. The monoisotopic (exact) mass is 198 g/mol. The molecule has 1 heterocycles. The van der Waals surface area contributed by atoms with E-state index in [2.05, 4.69) is 32.6 Å². The molecule has 14 heavy (non-hydrogen) atoms. The Labute approximate surface area is 88.8 Å². The molecule has 2 N–H and O–H groups in total. The largest absolute Gasteiger partial charge is 0.329 e. The minimum Gasteiger partial charge on any atom is -0.329 e. The maximum Gasteiger partial charge on any atom is 0.0326 e. The Morgan fingerprint density at radius 3 is 2.21 bits per heavy atom. The van der Waals surface area contributed by atoms with E-state index in [0.29, 0.717) is 5.92 Å². The number of likely N-dealkylation sites (tertiary alicyclic amines) is 1. The number of piperidine rings is 1. The highest BCUT2D eigenvalue weighted by molar-refractivity contribution is 4.92. The number of nitrogens with zero attached hydrogens (tertiary/aromatic N) is 1. The molecule has 1 saturated heterocycles. The van der Waals surface area contributed by atoms with Crippen LogP contribution in [0, 0.1) is 11.8 Å². The van der Waals surface area contributed by atoms with Crippen LogP contribution in [0.4, 0.5) is 0 Å². The summed E-state index contributed by atoms with van der Waals surface area (Å²) in [4.78, 5) is 2.59. The number of hydrogen-bond donors (Lipinski definition) is 1. The van der Waals surface area contributed by atoms with Crippen LogP contribution >= 0.6 is 0 Å². The SMILES string of the molecule is CC1CCN(C(C)(CN)C(C)C)CC1. The van der Waals surface area contributed by atoms with Crippen molar-refractivity contribution in [2.75, 3.05) is 19.6 Å². The predicted molar refractivity (Wildman–Crippen MR) is 62.3 cm³/mol. The number of hydrogen-bond acceptors (Lipinski definition) is 2. The zero-order valence-electron chi connectivity index (χ0n) is 10.2. The fourth-order valence-corrected chi connectivity index (χ4v) is 2.25. The van der Waals surface area contributed by atoms with Gasteiger partial charge in [0.1, 0.15) is 0 Å². The van der Waals surface area contributed by atoms with Crippen molar-refractivity contribution in [2.45, 2.75) is 46.1 Å². The van der Waals surface area contributed by atoms with Gasteiger partial charge in [-0.25, -0.2) is 0 Å². The summed E-state index contributed by atoms with van der Waals surface area (Å²) in [5.74, 6) is 1.54. The van der Waals surface area contributed by atoms with E-state index in [9.17, 15) is 0 Å². The Morgan fingerprint density at radius 1 is 1.36 bits per heavy atom. The highest BCUT2D eigenvalue weighted by Gasteiger charge is 2.35. The lowest BCUT2D eigenvalue weighted by Crippen LogP contribution is -2.57. The lowest BCUT2D eigenvalue weighted by Gasteiger charge is -2.46. The molecule has 0 aromatic rings. The standard InChI is InChI=1S/C12H26N2/c1-10(2)12(4,9-13)14-7-5-11(3)6-8-14/h10-11H,5-9,13H2,1-4H3. The van der Waals surface area contributed by atoms with Crippen LogP contribution < -0.4 is 5.73 Å². The summed E-state index contributed by atoms with van der Waals surface area (Å²) < 4.78 is 0. The van der Waals surface area contributed by atoms with Crippen LogP contribution in [-0.4, -0.2) is 30.1 Å². The first kappa shape index (κ1) is 12.0. The molecule has 1 unspecified atom stereocenters. The van der Waals surface area contributed by atoms with Crippen molar-refractivity contribution >= 4 is 0 Å². The Balaban J connectivity index is 2.61. The minimum absolute atomic E-state index is 0.208. The Kier molecular flexibility index (Phi) is 3.96. The molecule has 0 aromatic carbocycles. The van der Waals surface area contributed by atoms with Crippen LogP contribution in [0.5, 0.6) is 0 Å². The van der Waals surface area contributed by atoms with E-state index in [1.54, 1.807) is 0 Å². The summed E-state index contributed by atoms with van der Waals surface area (Å²) in [7, 11) is 0. The zero-order chi connectivity index (χ0) is 10.8. The summed E-state index contributed by atoms with van der Waals surface area (Å²) >= 11 is 0. The second-order valence-electron chi connectivity index (χ2n) is 5.39. The fourth-order valence-electron chi connectivity index (χ4n) is 2.25. The molecule has 2 heteroatoms. The van der Waals surface area contributed by atoms with Gasteiger partial charge in [0, 0.05) is 12.1 Å². The number of rotatable bonds is 3. The van der Waals surface area contributed by atoms with Gasteiger partial charge in [-0.3, -0.25) is 4.90 Å². The molecule has 0 amide bonds. The maximum atomic E-state index is 5.93. The molecule has 0 aliphatic carbocycles. The van der Waals surface area contributed by atoms with Gasteiger partial charge in [-0.15, -0.1) is 0 Å². The third-order valence-corrected chi connectivity index (χ3v) is 4.16. The maximum absolute atomic E-state index is 5.93. The summed E-state index contributed by atoms with van der Waals surface area (Å²) in [5, 5.41) is 0. The molecule has 84 valence electrons. The van der Waals surface area contributed by atoms with E-state index >= 15 is 0 Å². The van der Waals surface area contributed by atoms with Crippen LogP contribution in [0.2, 0.25) is 0 Å². The van der Waals surface area contributed by atoms with Crippen molar-refractivity contribution in [1.82, 2.24) is 4.90 Å². The normalized spacial score (nSPS) is 25.3. The Bertz CT molecular complexity index is 171. The molecule has 0 radical (unpaired) electrons. The van der Waals surface area contributed by atoms with Crippen molar-refractivity contribution in [1.29, 1.82) is 0 Å². The number of nitrogens with two attached hydrogens (primary N) is 1. The third kappa shape index (κ3) is 2.29. The highest BCUT2D eigenvalue weighted by atomic mass is 15.2. The second-order valence-corrected chi connectivity index (χ2v) is 5.39. The second kappa shape index (κ2) is 4.63. The molecule has 1 aliphatic heterocycles. The first-order valence-electron chi connectivity index (χ1n) is 5.96. The van der Waals surface area contributed by atoms with Gasteiger partial charge >= 0.3 is 0 Å². The molecular weight excluding hydrogens is 172 g/mol. The topological polar surface area (TPSA) is 29.3 Å². The van der Waals surface area contributed by atoms with Crippen LogP contribution in [0.1, 0.15) is 40.5 Å². The third-order valence-electron chi connectivity index (χ3n) is 4.16. The van der Waals surface area contributed by atoms with E-state index < -0.39 is 0 Å². The van der Waals surface area contributed by atoms with Crippen LogP contribution in [0.15, 0.2) is 0 Å². The van der Waals surface area contributed by atoms with Gasteiger partial charge in [0.2, 0.25) is 0 Å². The first-order chi connectivity index (χ1) is 6.50. The predicted octanol–water partition coefficient (Wildman–Crippen LogP) is 2.09. The summed E-state index contributed by atoms with van der Waals surface area (Å²) in [5.41, 5.74) is 6.14. The molecule has 0 bridgehead atoms. The van der Waals surface area contributed by atoms with Crippen molar-refractivity contribution < 1.29 is 0 Å². The van der Waals surface area contributed by atoms with Crippen molar-refractivity contribution in [3.05, 3.63) is 0 Å². The van der Waals surface area contributed by atoms with Gasteiger partial charge in [-0.2, -0.15) is 0 Å². The van der Waals surface area contributed by atoms with Crippen molar-refractivity contribution in [3.8, 4) is 0 Å². The van der Waals surface area contributed by atoms with E-state index in [4.69, 9.17) is 5.73 Å². The zero-order valence-corrected chi connectivity index (χ0v) is 10.2. The van der Waals surface area contributed by atoms with Gasteiger partial charge in [0.05, 0.1) is 0 Å². The van der Waals surface area contributed by atoms with E-state index in [1.807, 2.05) is 0 Å². The minimum atomic E-state index is 0.208. The molecule has 2 nitrogen and oxygen atoms in total. The average Bonchev–Trinajstić information content (AvgIpc) is 2.17. The van der Waals surface area contributed by atoms with Crippen molar-refractivity contribution in [3.63, 3.8) is 0 Å². The fraction of sp³-hybridized carbons (Fsp3) is 1.00. The van der Waals surface area contributed by atoms with Gasteiger partial charge in [0.15, 0.2) is 0 Å². The highest BCUT2D eigenvalue weighted by Crippen LogP contribution is 2.28. The Hall–Kier alpha value is -0.0800. The quantitative estimate of drug-likeness (QED) is 0.752. The lowest BCUT2D eigenvalue weighted by atomic mass is 9.84. The van der Waals surface area contributed by atoms with Gasteiger partial charge in [-0.05, 0) is 44.7 Å².